The molecule has 1 aliphatic rings. The van der Waals surface area contributed by atoms with E-state index in [2.05, 4.69) is 0 Å². The van der Waals surface area contributed by atoms with Gasteiger partial charge >= 0.3 is 12.1 Å². The molecule has 0 aromatic carbocycles. The molecule has 0 aromatic rings. The van der Waals surface area contributed by atoms with Gasteiger partial charge < -0.3 is 15.7 Å². The molecule has 0 spiro atoms. The number of hydrogen-bond acceptors (Lipinski definition) is 3. The molecule has 126 valence electrons. The van der Waals surface area contributed by atoms with Crippen molar-refractivity contribution in [2.75, 3.05) is 13.1 Å². The number of alkyl halides is 3. The van der Waals surface area contributed by atoms with Crippen LogP contribution in [0.2, 0.25) is 6.32 Å². The Balaban J connectivity index is 2.81. The minimum Gasteiger partial charge on any atom is -0.480 e. The first-order valence-electron chi connectivity index (χ1n) is 7.39. The summed E-state index contributed by atoms with van der Waals surface area (Å²) in [5.41, 5.74) is 4.35. The quantitative estimate of drug-likeness (QED) is 0.703. The van der Waals surface area contributed by atoms with Gasteiger partial charge in [-0.3, -0.25) is 9.59 Å². The molecule has 3 N–H and O–H groups in total. The molecule has 1 unspecified atom stereocenters. The molecule has 1 heterocycles. The Morgan fingerprint density at radius 3 is 2.55 bits per heavy atom. The molecule has 1 fully saturated rings. The molecule has 1 aliphatic heterocycles. The zero-order valence-electron chi connectivity index (χ0n) is 12.8. The van der Waals surface area contributed by atoms with Crippen molar-refractivity contribution in [1.29, 1.82) is 0 Å². The largest absolute Gasteiger partial charge is 0.480 e. The molecule has 0 aliphatic carbocycles. The van der Waals surface area contributed by atoms with Crippen molar-refractivity contribution in [2.45, 2.75) is 44.2 Å². The molecule has 9 heteroatoms. The van der Waals surface area contributed by atoms with Crippen LogP contribution in [0.25, 0.3) is 0 Å². The molecule has 3 atom stereocenters. The molecule has 5 nitrogen and oxygen atoms in total. The van der Waals surface area contributed by atoms with Crippen LogP contribution in [0.4, 0.5) is 13.2 Å². The van der Waals surface area contributed by atoms with Crippen molar-refractivity contribution in [1.82, 2.24) is 4.90 Å². The number of carbonyl (C=O) groups is 2. The zero-order valence-corrected chi connectivity index (χ0v) is 12.8. The molecule has 1 saturated heterocycles. The summed E-state index contributed by atoms with van der Waals surface area (Å²) < 4.78 is 37.2. The summed E-state index contributed by atoms with van der Waals surface area (Å²) in [4.78, 5) is 24.7. The summed E-state index contributed by atoms with van der Waals surface area (Å²) in [6.07, 6.45) is -3.49. The van der Waals surface area contributed by atoms with E-state index in [9.17, 15) is 27.9 Å². The van der Waals surface area contributed by atoms with Gasteiger partial charge in [-0.05, 0) is 6.42 Å². The summed E-state index contributed by atoms with van der Waals surface area (Å²) in [6.45, 7) is 1.07. The lowest BCUT2D eigenvalue weighted by Crippen LogP contribution is -2.55. The number of aliphatic carboxylic acids is 1. The van der Waals surface area contributed by atoms with Crippen LogP contribution in [0, 0.1) is 11.8 Å². The van der Waals surface area contributed by atoms with Gasteiger partial charge in [0.25, 0.3) is 0 Å². The van der Waals surface area contributed by atoms with Crippen molar-refractivity contribution < 1.29 is 27.9 Å². The monoisotopic (exact) mass is 322 g/mol. The predicted octanol–water partition coefficient (Wildman–Crippen LogP) is 0.647. The smallest absolute Gasteiger partial charge is 0.389 e. The highest BCUT2D eigenvalue weighted by atomic mass is 19.4. The second kappa shape index (κ2) is 6.89. The van der Waals surface area contributed by atoms with E-state index in [0.29, 0.717) is 6.42 Å². The number of nitrogens with zero attached hydrogens (tertiary/aromatic N) is 1. The number of carboxylic acid groups (broad SMARTS) is 1. The summed E-state index contributed by atoms with van der Waals surface area (Å²) in [6, 6.07) is 0. The van der Waals surface area contributed by atoms with Gasteiger partial charge in [0.15, 0.2) is 0 Å². The maximum absolute atomic E-state index is 12.4. The minimum atomic E-state index is -4.43. The summed E-state index contributed by atoms with van der Waals surface area (Å²) >= 11 is 0. The Hall–Kier alpha value is -1.25. The predicted molar refractivity (Wildman–Crippen MR) is 77.0 cm³/mol. The summed E-state index contributed by atoms with van der Waals surface area (Å²) in [5.74, 6) is -3.57. The van der Waals surface area contributed by atoms with Crippen LogP contribution in [0.15, 0.2) is 0 Å². The summed E-state index contributed by atoms with van der Waals surface area (Å²) in [5, 5.41) is 9.32. The molecular formula is C13H22BF3N2O3. The fraction of sp³-hybridized carbons (Fsp3) is 0.846. The number of amides is 1. The van der Waals surface area contributed by atoms with E-state index in [1.807, 2.05) is 7.85 Å². The molecule has 0 aromatic heterocycles. The highest BCUT2D eigenvalue weighted by Gasteiger charge is 2.51. The summed E-state index contributed by atoms with van der Waals surface area (Å²) in [7, 11) is 1.95. The average molecular weight is 322 g/mol. The van der Waals surface area contributed by atoms with Gasteiger partial charge in [-0.15, -0.1) is 0 Å². The number of hydrogen-bond donors (Lipinski definition) is 2. The van der Waals surface area contributed by atoms with Gasteiger partial charge in [-0.2, -0.15) is 13.2 Å². The molecular weight excluding hydrogens is 300 g/mol. The van der Waals surface area contributed by atoms with Crippen molar-refractivity contribution in [2.24, 2.45) is 17.6 Å². The third-order valence-corrected chi connectivity index (χ3v) is 4.20. The van der Waals surface area contributed by atoms with Gasteiger partial charge in [0, 0.05) is 24.9 Å². The Labute approximate surface area is 128 Å². The molecule has 0 radical (unpaired) electrons. The maximum atomic E-state index is 12.4. The standard InChI is InChI=1S/C13H22BF3N2O3/c1-8(5-13(15,16)17)10(20)19-6-9(3-2-4-14)12(18,7-19)11(21)22/h8-9H,2-7,14,18H2,1H3,(H,21,22)/t8?,9-,12-/m0/s1. The van der Waals surface area contributed by atoms with E-state index in [4.69, 9.17) is 5.73 Å². The van der Waals surface area contributed by atoms with E-state index in [1.54, 1.807) is 0 Å². The number of carboxylic acids is 1. The molecule has 0 bridgehead atoms. The fourth-order valence-electron chi connectivity index (χ4n) is 2.89. The van der Waals surface area contributed by atoms with Gasteiger partial charge in [-0.1, -0.05) is 19.7 Å². The fourth-order valence-corrected chi connectivity index (χ4v) is 2.89. The minimum absolute atomic E-state index is 0.101. The second-order valence-electron chi connectivity index (χ2n) is 6.12. The van der Waals surface area contributed by atoms with Crippen LogP contribution < -0.4 is 5.73 Å². The van der Waals surface area contributed by atoms with Crippen molar-refractivity contribution >= 4 is 19.7 Å². The highest BCUT2D eigenvalue weighted by Crippen LogP contribution is 2.33. The van der Waals surface area contributed by atoms with Gasteiger partial charge in [0.2, 0.25) is 5.91 Å². The molecule has 1 rings (SSSR count). The first-order chi connectivity index (χ1) is 10.0. The van der Waals surface area contributed by atoms with Crippen LogP contribution in [-0.2, 0) is 9.59 Å². The Morgan fingerprint density at radius 2 is 2.09 bits per heavy atom. The van der Waals surface area contributed by atoms with Crippen molar-refractivity contribution in [3.8, 4) is 0 Å². The highest BCUT2D eigenvalue weighted by molar-refractivity contribution is 6.08. The lowest BCUT2D eigenvalue weighted by Gasteiger charge is -2.25. The number of carbonyl (C=O) groups excluding carboxylic acids is 1. The SMILES string of the molecule is BCCC[C@H]1CN(C(=O)C(C)CC(F)(F)F)C[C@@]1(N)C(=O)O. The van der Waals surface area contributed by atoms with E-state index < -0.39 is 41.8 Å². The topological polar surface area (TPSA) is 83.6 Å². The Kier molecular flexibility index (Phi) is 5.89. The van der Waals surface area contributed by atoms with Crippen LogP contribution in [0.3, 0.4) is 0 Å². The lowest BCUT2D eigenvalue weighted by molar-refractivity contribution is -0.158. The van der Waals surface area contributed by atoms with Crippen LogP contribution >= 0.6 is 0 Å². The number of likely N-dealkylation sites (tertiary alicyclic amines) is 1. The van der Waals surface area contributed by atoms with E-state index >= 15 is 0 Å². The average Bonchev–Trinajstić information content (AvgIpc) is 2.72. The van der Waals surface area contributed by atoms with Crippen molar-refractivity contribution in [3.63, 3.8) is 0 Å². The van der Waals surface area contributed by atoms with Crippen molar-refractivity contribution in [3.05, 3.63) is 0 Å². The van der Waals surface area contributed by atoms with E-state index in [0.717, 1.165) is 12.7 Å². The van der Waals surface area contributed by atoms with Crippen LogP contribution in [0.1, 0.15) is 26.2 Å². The molecule has 0 saturated carbocycles. The first-order valence-corrected chi connectivity index (χ1v) is 7.39. The number of halogens is 3. The lowest BCUT2D eigenvalue weighted by atomic mass is 9.83. The maximum Gasteiger partial charge on any atom is 0.389 e. The van der Waals surface area contributed by atoms with E-state index in [1.165, 1.54) is 11.8 Å². The van der Waals surface area contributed by atoms with E-state index in [-0.39, 0.29) is 13.1 Å². The third-order valence-electron chi connectivity index (χ3n) is 4.20. The van der Waals surface area contributed by atoms with Gasteiger partial charge in [0.1, 0.15) is 13.4 Å². The van der Waals surface area contributed by atoms with Gasteiger partial charge in [0.05, 0.1) is 6.42 Å². The van der Waals surface area contributed by atoms with Crippen LogP contribution in [0.5, 0.6) is 0 Å². The molecule has 1 amide bonds. The normalized spacial score (nSPS) is 27.0. The zero-order chi connectivity index (χ0) is 17.1. The first kappa shape index (κ1) is 18.8. The number of rotatable bonds is 6. The third kappa shape index (κ3) is 4.38. The Bertz CT molecular complexity index is 433. The van der Waals surface area contributed by atoms with Gasteiger partial charge in [-0.25, -0.2) is 0 Å². The number of nitrogens with two attached hydrogens (primary N) is 1. The Morgan fingerprint density at radius 1 is 1.50 bits per heavy atom. The molecule has 22 heavy (non-hydrogen) atoms. The second-order valence-corrected chi connectivity index (χ2v) is 6.12. The van der Waals surface area contributed by atoms with Crippen LogP contribution in [-0.4, -0.2) is 54.5 Å².